The van der Waals surface area contributed by atoms with Gasteiger partial charge in [0.25, 0.3) is 0 Å². The summed E-state index contributed by atoms with van der Waals surface area (Å²) in [7, 11) is 0. The first-order valence-electron chi connectivity index (χ1n) is 4.72. The number of nitrogens with zero attached hydrogens (tertiary/aromatic N) is 1. The zero-order valence-corrected chi connectivity index (χ0v) is 10.5. The van der Waals surface area contributed by atoms with Gasteiger partial charge < -0.3 is 0 Å². The van der Waals surface area contributed by atoms with E-state index in [1.165, 1.54) is 7.14 Å². The molecule has 0 saturated carbocycles. The van der Waals surface area contributed by atoms with Crippen LogP contribution >= 0.6 is 0 Å². The minimum absolute atomic E-state index is 0.120. The average molecular weight is 327 g/mol. The van der Waals surface area contributed by atoms with Crippen molar-refractivity contribution in [2.75, 3.05) is 5.23 Å². The van der Waals surface area contributed by atoms with E-state index in [9.17, 15) is 5.21 Å². The van der Waals surface area contributed by atoms with Crippen LogP contribution in [0.25, 0.3) is 0 Å². The molecule has 0 saturated heterocycles. The average Bonchev–Trinajstić information content (AvgIpc) is 2.31. The molecule has 0 unspecified atom stereocenters. The predicted molar refractivity (Wildman–Crippen MR) is 57.9 cm³/mol. The van der Waals surface area contributed by atoms with Crippen molar-refractivity contribution in [2.24, 2.45) is 0 Å². The van der Waals surface area contributed by atoms with Crippen LogP contribution in [0, 0.1) is 12.3 Å². The van der Waals surface area contributed by atoms with Gasteiger partial charge >= 0.3 is 104 Å². The summed E-state index contributed by atoms with van der Waals surface area (Å²) in [5.41, 5.74) is 0.265. The van der Waals surface area contributed by atoms with Crippen LogP contribution in [0.1, 0.15) is 0 Å². The molecule has 84 valence electrons. The second-order valence-electron chi connectivity index (χ2n) is 3.14. The minimum atomic E-state index is -0.206. The second-order valence-corrected chi connectivity index (χ2v) is 6.17. The summed E-state index contributed by atoms with van der Waals surface area (Å²) in [4.78, 5) is 0. The molecule has 2 rings (SSSR count). The standard InChI is InChI=1S/C12H10INO2/c15-14(16)12-8-6-11(7-9-12)13-10-4-2-1-3-5-10/h1-9,15H/q-2. The van der Waals surface area contributed by atoms with Gasteiger partial charge in [0, 0.05) is 0 Å². The fraction of sp³-hybridized carbons (Fsp3) is 0. The van der Waals surface area contributed by atoms with E-state index in [0.29, 0.717) is 0 Å². The van der Waals surface area contributed by atoms with Gasteiger partial charge in [0.15, 0.2) is 0 Å². The summed E-state index contributed by atoms with van der Waals surface area (Å²) in [5, 5.41) is 19.2. The number of hydrogen-bond acceptors (Lipinski definition) is 3. The Morgan fingerprint density at radius 1 is 0.875 bits per heavy atom. The van der Waals surface area contributed by atoms with Gasteiger partial charge in [-0.3, -0.25) is 0 Å². The third-order valence-corrected chi connectivity index (χ3v) is 4.68. The summed E-state index contributed by atoms with van der Waals surface area (Å²) in [6, 6.07) is 17.3. The molecule has 0 spiro atoms. The van der Waals surface area contributed by atoms with Gasteiger partial charge in [0.1, 0.15) is 0 Å². The van der Waals surface area contributed by atoms with Crippen molar-refractivity contribution >= 4 is 5.69 Å². The second kappa shape index (κ2) is 5.29. The molecule has 0 atom stereocenters. The monoisotopic (exact) mass is 327 g/mol. The number of anilines is 1. The Kier molecular flexibility index (Phi) is 3.76. The van der Waals surface area contributed by atoms with Gasteiger partial charge in [-0.1, -0.05) is 0 Å². The Balaban J connectivity index is 2.11. The summed E-state index contributed by atoms with van der Waals surface area (Å²) < 4.78 is 2.55. The van der Waals surface area contributed by atoms with E-state index >= 15 is 0 Å². The fourth-order valence-corrected chi connectivity index (χ4v) is 3.45. The van der Waals surface area contributed by atoms with E-state index in [0.717, 1.165) is 0 Å². The first kappa shape index (κ1) is 11.4. The molecular weight excluding hydrogens is 317 g/mol. The Labute approximate surface area is 104 Å². The SMILES string of the molecule is [O-]N(O)c1ccc([I-]c2ccccc2)cc1. The van der Waals surface area contributed by atoms with Crippen LogP contribution in [0.15, 0.2) is 54.6 Å². The molecule has 0 aliphatic rings. The van der Waals surface area contributed by atoms with E-state index in [2.05, 4.69) is 12.1 Å². The summed E-state index contributed by atoms with van der Waals surface area (Å²) in [6.45, 7) is 0. The molecule has 0 aliphatic heterocycles. The predicted octanol–water partition coefficient (Wildman–Crippen LogP) is -0.492. The zero-order valence-electron chi connectivity index (χ0n) is 8.38. The van der Waals surface area contributed by atoms with Crippen LogP contribution in [0.4, 0.5) is 5.69 Å². The molecule has 0 radical (unpaired) electrons. The molecule has 0 aliphatic carbocycles. The normalized spacial score (nSPS) is 10.4. The van der Waals surface area contributed by atoms with Crippen molar-refractivity contribution < 1.29 is 26.4 Å². The van der Waals surface area contributed by atoms with Crippen LogP contribution < -0.4 is 26.4 Å². The molecule has 2 aromatic rings. The van der Waals surface area contributed by atoms with E-state index < -0.39 is 0 Å². The van der Waals surface area contributed by atoms with Crippen molar-refractivity contribution in [3.8, 4) is 0 Å². The molecular formula is C12H10INO2-2. The Morgan fingerprint density at radius 2 is 1.44 bits per heavy atom. The molecule has 0 fully saturated rings. The van der Waals surface area contributed by atoms with Crippen molar-refractivity contribution in [1.29, 1.82) is 0 Å². The fourth-order valence-electron chi connectivity index (χ4n) is 1.24. The van der Waals surface area contributed by atoms with Gasteiger partial charge in [-0.25, -0.2) is 0 Å². The first-order chi connectivity index (χ1) is 7.75. The van der Waals surface area contributed by atoms with E-state index in [4.69, 9.17) is 5.21 Å². The molecule has 3 nitrogen and oxygen atoms in total. The van der Waals surface area contributed by atoms with Gasteiger partial charge in [-0.2, -0.15) is 0 Å². The van der Waals surface area contributed by atoms with E-state index in [-0.39, 0.29) is 32.1 Å². The maximum absolute atomic E-state index is 10.6. The maximum atomic E-state index is 10.6. The molecule has 16 heavy (non-hydrogen) atoms. The third kappa shape index (κ3) is 2.94. The van der Waals surface area contributed by atoms with Crippen molar-refractivity contribution in [2.45, 2.75) is 0 Å². The van der Waals surface area contributed by atoms with Gasteiger partial charge in [-0.15, -0.1) is 0 Å². The van der Waals surface area contributed by atoms with Crippen LogP contribution in [-0.4, -0.2) is 5.21 Å². The topological polar surface area (TPSA) is 46.5 Å². The van der Waals surface area contributed by atoms with Gasteiger partial charge in [-0.05, 0) is 0 Å². The van der Waals surface area contributed by atoms with E-state index in [1.807, 2.05) is 30.3 Å². The molecule has 4 heteroatoms. The van der Waals surface area contributed by atoms with Crippen LogP contribution in [0.5, 0.6) is 0 Å². The quantitative estimate of drug-likeness (QED) is 0.611. The van der Waals surface area contributed by atoms with Crippen LogP contribution in [0.3, 0.4) is 0 Å². The van der Waals surface area contributed by atoms with Gasteiger partial charge in [0.2, 0.25) is 0 Å². The molecule has 1 N–H and O–H groups in total. The van der Waals surface area contributed by atoms with Crippen molar-refractivity contribution in [1.82, 2.24) is 0 Å². The Hall–Kier alpha value is -1.11. The Bertz CT molecular complexity index is 442. The molecule has 0 amide bonds. The first-order valence-corrected chi connectivity index (χ1v) is 6.87. The van der Waals surface area contributed by atoms with Crippen molar-refractivity contribution in [3.05, 3.63) is 66.9 Å². The zero-order chi connectivity index (χ0) is 11.4. The summed E-state index contributed by atoms with van der Waals surface area (Å²) in [5.74, 6) is 0. The van der Waals surface area contributed by atoms with Crippen LogP contribution in [-0.2, 0) is 0 Å². The van der Waals surface area contributed by atoms with Gasteiger partial charge in [0.05, 0.1) is 0 Å². The molecule has 0 bridgehead atoms. The summed E-state index contributed by atoms with van der Waals surface area (Å²) >= 11 is -0.206. The van der Waals surface area contributed by atoms with E-state index in [1.54, 1.807) is 12.1 Å². The molecule has 0 aromatic heterocycles. The number of halogens is 1. The summed E-state index contributed by atoms with van der Waals surface area (Å²) in [6.07, 6.45) is 0. The number of hydrogen-bond donors (Lipinski definition) is 1. The Morgan fingerprint density at radius 3 is 2.00 bits per heavy atom. The van der Waals surface area contributed by atoms with Crippen molar-refractivity contribution in [3.63, 3.8) is 0 Å². The third-order valence-electron chi connectivity index (χ3n) is 2.00. The molecule has 2 aromatic carbocycles. The number of benzene rings is 2. The van der Waals surface area contributed by atoms with Crippen LogP contribution in [0.2, 0.25) is 0 Å². The molecule has 0 heterocycles. The number of rotatable bonds is 3.